The van der Waals surface area contributed by atoms with Crippen molar-refractivity contribution in [3.05, 3.63) is 76.0 Å². The highest BCUT2D eigenvalue weighted by Gasteiger charge is 2.12. The third kappa shape index (κ3) is 3.47. The van der Waals surface area contributed by atoms with E-state index in [-0.39, 0.29) is 11.6 Å². The molecule has 0 unspecified atom stereocenters. The van der Waals surface area contributed by atoms with Crippen molar-refractivity contribution >= 4 is 28.1 Å². The number of anilines is 1. The number of non-ortho nitro benzene ring substituents is 1. The summed E-state index contributed by atoms with van der Waals surface area (Å²) in [6.07, 6.45) is 1.71. The standard InChI is InChI=1S/C17H13N3O3S/c1-11-2-4-12(5-3-11)15-10-18-17(24-15)19-16(21)13-6-8-14(9-7-13)20(22)23/h2-10H,1H3,(H,18,19,21). The maximum atomic E-state index is 12.2. The number of nitro groups is 1. The van der Waals surface area contributed by atoms with Gasteiger partial charge in [0.1, 0.15) is 0 Å². The van der Waals surface area contributed by atoms with Gasteiger partial charge in [-0.1, -0.05) is 41.2 Å². The number of aryl methyl sites for hydroxylation is 1. The highest BCUT2D eigenvalue weighted by Crippen LogP contribution is 2.29. The SMILES string of the molecule is Cc1ccc(-c2cnc(NC(=O)c3ccc([N+](=O)[O-])cc3)s2)cc1. The molecule has 1 N–H and O–H groups in total. The lowest BCUT2D eigenvalue weighted by atomic mass is 10.1. The molecule has 2 aromatic carbocycles. The molecule has 1 amide bonds. The summed E-state index contributed by atoms with van der Waals surface area (Å²) in [5.41, 5.74) is 2.50. The lowest BCUT2D eigenvalue weighted by Crippen LogP contribution is -2.11. The van der Waals surface area contributed by atoms with Crippen LogP contribution in [0.5, 0.6) is 0 Å². The van der Waals surface area contributed by atoms with E-state index >= 15 is 0 Å². The Morgan fingerprint density at radius 2 is 1.79 bits per heavy atom. The minimum absolute atomic E-state index is 0.0533. The molecular weight excluding hydrogens is 326 g/mol. The van der Waals surface area contributed by atoms with Crippen LogP contribution < -0.4 is 5.32 Å². The fourth-order valence-electron chi connectivity index (χ4n) is 2.09. The summed E-state index contributed by atoms with van der Waals surface area (Å²) >= 11 is 1.37. The van der Waals surface area contributed by atoms with E-state index in [9.17, 15) is 14.9 Å². The number of carbonyl (C=O) groups is 1. The number of rotatable bonds is 4. The molecule has 0 atom stereocenters. The van der Waals surface area contributed by atoms with Crippen LogP contribution in [-0.2, 0) is 0 Å². The highest BCUT2D eigenvalue weighted by molar-refractivity contribution is 7.19. The van der Waals surface area contributed by atoms with Crippen LogP contribution in [0.1, 0.15) is 15.9 Å². The first kappa shape index (κ1) is 15.8. The summed E-state index contributed by atoms with van der Waals surface area (Å²) in [4.78, 5) is 27.5. The quantitative estimate of drug-likeness (QED) is 0.568. The molecule has 0 saturated carbocycles. The van der Waals surface area contributed by atoms with E-state index in [1.165, 1.54) is 41.2 Å². The van der Waals surface area contributed by atoms with E-state index in [4.69, 9.17) is 0 Å². The van der Waals surface area contributed by atoms with Crippen LogP contribution in [0, 0.1) is 17.0 Å². The van der Waals surface area contributed by atoms with E-state index in [2.05, 4.69) is 10.3 Å². The Morgan fingerprint density at radius 1 is 1.12 bits per heavy atom. The maximum absolute atomic E-state index is 12.2. The minimum Gasteiger partial charge on any atom is -0.298 e. The van der Waals surface area contributed by atoms with Crippen molar-refractivity contribution in [2.45, 2.75) is 6.92 Å². The van der Waals surface area contributed by atoms with Crippen LogP contribution in [0.25, 0.3) is 10.4 Å². The van der Waals surface area contributed by atoms with Gasteiger partial charge in [-0.25, -0.2) is 4.98 Å². The molecule has 0 aliphatic rings. The number of hydrogen-bond donors (Lipinski definition) is 1. The van der Waals surface area contributed by atoms with Crippen LogP contribution in [0.3, 0.4) is 0 Å². The summed E-state index contributed by atoms with van der Waals surface area (Å²) in [5.74, 6) is -0.352. The maximum Gasteiger partial charge on any atom is 0.269 e. The Morgan fingerprint density at radius 3 is 2.42 bits per heavy atom. The van der Waals surface area contributed by atoms with Crippen LogP contribution in [0.2, 0.25) is 0 Å². The van der Waals surface area contributed by atoms with Gasteiger partial charge in [-0.15, -0.1) is 0 Å². The van der Waals surface area contributed by atoms with Crippen molar-refractivity contribution in [1.82, 2.24) is 4.98 Å². The van der Waals surface area contributed by atoms with Crippen molar-refractivity contribution in [3.8, 4) is 10.4 Å². The van der Waals surface area contributed by atoms with Crippen molar-refractivity contribution < 1.29 is 9.72 Å². The fourth-order valence-corrected chi connectivity index (χ4v) is 2.90. The Hall–Kier alpha value is -3.06. The molecule has 0 saturated heterocycles. The summed E-state index contributed by atoms with van der Waals surface area (Å²) in [7, 11) is 0. The van der Waals surface area contributed by atoms with Crippen LogP contribution in [-0.4, -0.2) is 15.8 Å². The van der Waals surface area contributed by atoms with Gasteiger partial charge < -0.3 is 0 Å². The van der Waals surface area contributed by atoms with Crippen LogP contribution >= 0.6 is 11.3 Å². The molecular formula is C17H13N3O3S. The van der Waals surface area contributed by atoms with Gasteiger partial charge in [0.05, 0.1) is 9.80 Å². The number of benzene rings is 2. The van der Waals surface area contributed by atoms with E-state index in [0.717, 1.165) is 10.4 Å². The number of nitrogens with one attached hydrogen (secondary N) is 1. The second-order valence-corrected chi connectivity index (χ2v) is 6.18. The average Bonchev–Trinajstić information content (AvgIpc) is 3.04. The van der Waals surface area contributed by atoms with Gasteiger partial charge in [-0.05, 0) is 24.6 Å². The van der Waals surface area contributed by atoms with E-state index in [1.807, 2.05) is 31.2 Å². The van der Waals surface area contributed by atoms with E-state index < -0.39 is 4.92 Å². The average molecular weight is 339 g/mol. The Bertz CT molecular complexity index is 886. The monoisotopic (exact) mass is 339 g/mol. The van der Waals surface area contributed by atoms with Crippen molar-refractivity contribution in [1.29, 1.82) is 0 Å². The summed E-state index contributed by atoms with van der Waals surface area (Å²) in [6, 6.07) is 13.5. The number of nitrogens with zero attached hydrogens (tertiary/aromatic N) is 2. The Kier molecular flexibility index (Phi) is 4.35. The number of thiazole rings is 1. The third-order valence-electron chi connectivity index (χ3n) is 3.40. The second kappa shape index (κ2) is 6.59. The summed E-state index contributed by atoms with van der Waals surface area (Å²) in [5, 5.41) is 13.8. The molecule has 0 bridgehead atoms. The smallest absolute Gasteiger partial charge is 0.269 e. The molecule has 1 heterocycles. The molecule has 0 spiro atoms. The predicted octanol–water partition coefficient (Wildman–Crippen LogP) is 4.28. The lowest BCUT2D eigenvalue weighted by Gasteiger charge is -2.01. The molecule has 6 nitrogen and oxygen atoms in total. The van der Waals surface area contributed by atoms with Crippen molar-refractivity contribution in [3.63, 3.8) is 0 Å². The van der Waals surface area contributed by atoms with E-state index in [1.54, 1.807) is 6.20 Å². The molecule has 3 rings (SSSR count). The van der Waals surface area contributed by atoms with Gasteiger partial charge >= 0.3 is 0 Å². The second-order valence-electron chi connectivity index (χ2n) is 5.15. The largest absolute Gasteiger partial charge is 0.298 e. The normalized spacial score (nSPS) is 10.4. The zero-order chi connectivity index (χ0) is 17.1. The van der Waals surface area contributed by atoms with E-state index in [0.29, 0.717) is 10.7 Å². The number of amides is 1. The summed E-state index contributed by atoms with van der Waals surface area (Å²) in [6.45, 7) is 2.02. The van der Waals surface area contributed by atoms with Gasteiger partial charge in [-0.3, -0.25) is 20.2 Å². The predicted molar refractivity (Wildman–Crippen MR) is 93.3 cm³/mol. The molecule has 120 valence electrons. The van der Waals surface area contributed by atoms with Gasteiger partial charge in [0, 0.05) is 23.9 Å². The molecule has 0 radical (unpaired) electrons. The van der Waals surface area contributed by atoms with Crippen LogP contribution in [0.15, 0.2) is 54.7 Å². The Balaban J connectivity index is 1.73. The highest BCUT2D eigenvalue weighted by atomic mass is 32.1. The molecule has 24 heavy (non-hydrogen) atoms. The Labute approximate surface area is 141 Å². The van der Waals surface area contributed by atoms with Gasteiger partial charge in [0.15, 0.2) is 5.13 Å². The van der Waals surface area contributed by atoms with Gasteiger partial charge in [-0.2, -0.15) is 0 Å². The van der Waals surface area contributed by atoms with Gasteiger partial charge in [0.2, 0.25) is 0 Å². The lowest BCUT2D eigenvalue weighted by molar-refractivity contribution is -0.384. The molecule has 0 fully saturated rings. The zero-order valence-corrected chi connectivity index (χ0v) is 13.5. The van der Waals surface area contributed by atoms with Crippen molar-refractivity contribution in [2.24, 2.45) is 0 Å². The molecule has 0 aliphatic heterocycles. The number of carbonyl (C=O) groups excluding carboxylic acids is 1. The van der Waals surface area contributed by atoms with Gasteiger partial charge in [0.25, 0.3) is 11.6 Å². The molecule has 7 heteroatoms. The number of aromatic nitrogens is 1. The fraction of sp³-hybridized carbons (Fsp3) is 0.0588. The zero-order valence-electron chi connectivity index (χ0n) is 12.7. The number of hydrogen-bond acceptors (Lipinski definition) is 5. The first-order chi connectivity index (χ1) is 11.5. The topological polar surface area (TPSA) is 85.1 Å². The first-order valence-corrected chi connectivity index (χ1v) is 7.93. The first-order valence-electron chi connectivity index (χ1n) is 7.11. The third-order valence-corrected chi connectivity index (χ3v) is 4.36. The van der Waals surface area contributed by atoms with Crippen LogP contribution in [0.4, 0.5) is 10.8 Å². The molecule has 0 aliphatic carbocycles. The van der Waals surface area contributed by atoms with Crippen molar-refractivity contribution in [2.75, 3.05) is 5.32 Å². The minimum atomic E-state index is -0.504. The number of nitro benzene ring substituents is 1. The molecule has 1 aromatic heterocycles. The summed E-state index contributed by atoms with van der Waals surface area (Å²) < 4.78 is 0. The molecule has 3 aromatic rings.